The molecule has 1 aliphatic heterocycles. The highest BCUT2D eigenvalue weighted by Gasteiger charge is 2.71. The van der Waals surface area contributed by atoms with Gasteiger partial charge in [0.1, 0.15) is 11.3 Å². The van der Waals surface area contributed by atoms with E-state index in [4.69, 9.17) is 0 Å². The highest BCUT2D eigenvalue weighted by atomic mass is 32.1. The largest absolute Gasteiger partial charge is 0.430 e. The predicted molar refractivity (Wildman–Crippen MR) is 133 cm³/mol. The van der Waals surface area contributed by atoms with Gasteiger partial charge in [0, 0.05) is 36.3 Å². The first-order valence-corrected chi connectivity index (χ1v) is 13.2. The number of benzene rings is 1. The Bertz CT molecular complexity index is 1480. The van der Waals surface area contributed by atoms with E-state index in [1.54, 1.807) is 6.92 Å². The van der Waals surface area contributed by atoms with E-state index in [2.05, 4.69) is 15.2 Å². The standard InChI is InChI=1S/C25H25F8N5O3S/c1-11-6-5-9-38(11)20(39)15-16(42-19(34-15)18-35-36-21(37(18)4)22(2,3)40)13-8-7-12(10-14(13)17(26)27)23(41,24(28,29)30)25(31,32)33/h7-8,10-11,17,40-41H,5-6,9H2,1-4H3/t11-/m0/s1. The molecule has 0 spiro atoms. The Hall–Kier alpha value is -3.18. The minimum atomic E-state index is -6.29. The molecule has 3 heterocycles. The fraction of sp³-hybridized carbons (Fsp3) is 0.520. The van der Waals surface area contributed by atoms with E-state index in [0.717, 1.165) is 0 Å². The van der Waals surface area contributed by atoms with Crippen LogP contribution in [0.2, 0.25) is 0 Å². The topological polar surface area (TPSA) is 104 Å². The first-order chi connectivity index (χ1) is 19.2. The zero-order valence-electron chi connectivity index (χ0n) is 22.5. The molecule has 230 valence electrons. The molecule has 42 heavy (non-hydrogen) atoms. The fourth-order valence-electron chi connectivity index (χ4n) is 4.83. The van der Waals surface area contributed by atoms with E-state index in [0.29, 0.717) is 36.8 Å². The predicted octanol–water partition coefficient (Wildman–Crippen LogP) is 5.71. The number of halogens is 8. The Morgan fingerprint density at radius 2 is 1.69 bits per heavy atom. The van der Waals surface area contributed by atoms with Crippen LogP contribution in [-0.2, 0) is 18.2 Å². The summed E-state index contributed by atoms with van der Waals surface area (Å²) >= 11 is 0.644. The van der Waals surface area contributed by atoms with Crippen LogP contribution in [0.1, 0.15) is 67.5 Å². The summed E-state index contributed by atoms with van der Waals surface area (Å²) in [6, 6.07) is 0.488. The average Bonchev–Trinajstić information content (AvgIpc) is 3.58. The van der Waals surface area contributed by atoms with Crippen LogP contribution in [0.4, 0.5) is 35.1 Å². The molecule has 0 aliphatic carbocycles. The maximum Gasteiger partial charge on any atom is 0.430 e. The Balaban J connectivity index is 1.96. The molecule has 0 saturated carbocycles. The number of alkyl halides is 8. The van der Waals surface area contributed by atoms with E-state index in [-0.39, 0.29) is 45.4 Å². The van der Waals surface area contributed by atoms with Gasteiger partial charge in [-0.2, -0.15) is 26.3 Å². The van der Waals surface area contributed by atoms with Gasteiger partial charge in [-0.1, -0.05) is 12.1 Å². The van der Waals surface area contributed by atoms with Crippen LogP contribution in [0.25, 0.3) is 21.3 Å². The number of thiazole rings is 1. The third kappa shape index (κ3) is 5.25. The lowest BCUT2D eigenvalue weighted by atomic mass is 9.89. The lowest BCUT2D eigenvalue weighted by Crippen LogP contribution is -2.54. The van der Waals surface area contributed by atoms with Gasteiger partial charge in [-0.15, -0.1) is 21.5 Å². The molecule has 1 saturated heterocycles. The lowest BCUT2D eigenvalue weighted by molar-refractivity contribution is -0.376. The van der Waals surface area contributed by atoms with Crippen molar-refractivity contribution in [3.05, 3.63) is 40.8 Å². The zero-order chi connectivity index (χ0) is 31.6. The van der Waals surface area contributed by atoms with Gasteiger partial charge in [0.15, 0.2) is 16.7 Å². The molecular weight excluding hydrogens is 602 g/mol. The van der Waals surface area contributed by atoms with Crippen LogP contribution < -0.4 is 0 Å². The van der Waals surface area contributed by atoms with Gasteiger partial charge in [0.05, 0.1) is 4.88 Å². The molecule has 1 aliphatic rings. The van der Waals surface area contributed by atoms with Gasteiger partial charge in [0.2, 0.25) is 0 Å². The zero-order valence-corrected chi connectivity index (χ0v) is 23.3. The third-order valence-corrected chi connectivity index (χ3v) is 8.11. The smallest absolute Gasteiger partial charge is 0.382 e. The monoisotopic (exact) mass is 627 g/mol. The highest BCUT2D eigenvalue weighted by Crippen LogP contribution is 2.51. The van der Waals surface area contributed by atoms with Crippen molar-refractivity contribution in [3.8, 4) is 21.3 Å². The van der Waals surface area contributed by atoms with Crippen molar-refractivity contribution in [2.45, 2.75) is 69.6 Å². The maximum absolute atomic E-state index is 14.3. The third-order valence-electron chi connectivity index (χ3n) is 7.03. The van der Waals surface area contributed by atoms with Crippen molar-refractivity contribution in [1.82, 2.24) is 24.6 Å². The summed E-state index contributed by atoms with van der Waals surface area (Å²) in [5, 5.41) is 28.0. The number of aliphatic hydroxyl groups is 2. The van der Waals surface area contributed by atoms with Gasteiger partial charge in [-0.05, 0) is 39.7 Å². The number of hydrogen-bond acceptors (Lipinski definition) is 7. The Morgan fingerprint density at radius 3 is 2.17 bits per heavy atom. The van der Waals surface area contributed by atoms with Gasteiger partial charge in [-0.25, -0.2) is 13.8 Å². The molecule has 1 fully saturated rings. The maximum atomic E-state index is 14.3. The summed E-state index contributed by atoms with van der Waals surface area (Å²) < 4.78 is 111. The number of aromatic nitrogens is 4. The Morgan fingerprint density at radius 1 is 1.07 bits per heavy atom. The first kappa shape index (κ1) is 31.7. The van der Waals surface area contributed by atoms with Crippen LogP contribution in [0.5, 0.6) is 0 Å². The minimum absolute atomic E-state index is 0.0191. The molecule has 2 aromatic heterocycles. The van der Waals surface area contributed by atoms with E-state index < -0.39 is 52.6 Å². The van der Waals surface area contributed by atoms with Crippen molar-refractivity contribution >= 4 is 17.2 Å². The molecule has 0 bridgehead atoms. The van der Waals surface area contributed by atoms with Crippen LogP contribution in [0.15, 0.2) is 18.2 Å². The fourth-order valence-corrected chi connectivity index (χ4v) is 5.95. The van der Waals surface area contributed by atoms with Crippen LogP contribution >= 0.6 is 11.3 Å². The number of carbonyl (C=O) groups excluding carboxylic acids is 1. The SMILES string of the molecule is C[C@H]1CCCN1C(=O)c1nc(-c2nnc(C(C)(C)O)n2C)sc1-c1ccc(C(O)(C(F)(F)F)C(F)(F)F)cc1C(F)F. The van der Waals surface area contributed by atoms with E-state index >= 15 is 0 Å². The number of nitrogens with zero attached hydrogens (tertiary/aromatic N) is 5. The molecule has 1 aromatic carbocycles. The second kappa shape index (κ2) is 10.5. The second-order valence-electron chi connectivity index (χ2n) is 10.5. The van der Waals surface area contributed by atoms with Crippen LogP contribution in [0, 0.1) is 0 Å². The molecule has 0 radical (unpaired) electrons. The molecule has 1 atom stereocenters. The molecule has 17 heteroatoms. The molecule has 2 N–H and O–H groups in total. The summed E-state index contributed by atoms with van der Waals surface area (Å²) in [4.78, 5) is 19.1. The van der Waals surface area contributed by atoms with Crippen molar-refractivity contribution in [2.24, 2.45) is 7.05 Å². The van der Waals surface area contributed by atoms with Crippen molar-refractivity contribution in [1.29, 1.82) is 0 Å². The van der Waals surface area contributed by atoms with Gasteiger partial charge in [0.25, 0.3) is 17.9 Å². The number of likely N-dealkylation sites (tertiary alicyclic amines) is 1. The van der Waals surface area contributed by atoms with Gasteiger partial charge < -0.3 is 19.7 Å². The summed E-state index contributed by atoms with van der Waals surface area (Å²) in [7, 11) is 1.47. The molecule has 1 amide bonds. The average molecular weight is 628 g/mol. The highest BCUT2D eigenvalue weighted by molar-refractivity contribution is 7.18. The molecule has 0 unspecified atom stereocenters. The second-order valence-corrected chi connectivity index (χ2v) is 11.5. The summed E-state index contributed by atoms with van der Waals surface area (Å²) in [6.07, 6.45) is -14.9. The molecule has 8 nitrogen and oxygen atoms in total. The van der Waals surface area contributed by atoms with E-state index in [1.807, 2.05) is 0 Å². The normalized spacial score (nSPS) is 17.0. The molecule has 4 rings (SSSR count). The summed E-state index contributed by atoms with van der Waals surface area (Å²) in [5.74, 6) is -0.578. The Labute approximate surface area is 237 Å². The number of amides is 1. The number of rotatable bonds is 6. The van der Waals surface area contributed by atoms with Crippen molar-refractivity contribution in [2.75, 3.05) is 6.54 Å². The quantitative estimate of drug-likeness (QED) is 0.340. The molecular formula is C25H25F8N5O3S. The van der Waals surface area contributed by atoms with E-state index in [9.17, 15) is 50.1 Å². The van der Waals surface area contributed by atoms with Crippen molar-refractivity contribution in [3.63, 3.8) is 0 Å². The van der Waals surface area contributed by atoms with E-state index in [1.165, 1.54) is 30.4 Å². The van der Waals surface area contributed by atoms with Gasteiger partial charge >= 0.3 is 12.4 Å². The first-order valence-electron chi connectivity index (χ1n) is 12.4. The van der Waals surface area contributed by atoms with Gasteiger partial charge in [-0.3, -0.25) is 4.79 Å². The van der Waals surface area contributed by atoms with Crippen LogP contribution in [0.3, 0.4) is 0 Å². The summed E-state index contributed by atoms with van der Waals surface area (Å²) in [5.41, 5.74) is -11.0. The lowest BCUT2D eigenvalue weighted by Gasteiger charge is -2.33. The minimum Gasteiger partial charge on any atom is -0.382 e. The van der Waals surface area contributed by atoms with Crippen LogP contribution in [-0.4, -0.2) is 65.7 Å². The Kier molecular flexibility index (Phi) is 7.95. The number of carbonyl (C=O) groups is 1. The molecule has 3 aromatic rings. The number of hydrogen-bond donors (Lipinski definition) is 2. The summed E-state index contributed by atoms with van der Waals surface area (Å²) in [6.45, 7) is 4.92. The van der Waals surface area contributed by atoms with Crippen molar-refractivity contribution < 1.29 is 50.1 Å².